The highest BCUT2D eigenvalue weighted by molar-refractivity contribution is 8.03. The highest BCUT2D eigenvalue weighted by Gasteiger charge is 2.59. The number of Topliss-reactive ketones (excluding diaryl/α,β-unsaturated/α-hetero) is 1. The molecule has 0 bridgehead atoms. The van der Waals surface area contributed by atoms with Gasteiger partial charge in [0.25, 0.3) is 0 Å². The lowest BCUT2D eigenvalue weighted by Gasteiger charge is -2.47. The summed E-state index contributed by atoms with van der Waals surface area (Å²) in [5.41, 5.74) is 1.15. The van der Waals surface area contributed by atoms with Gasteiger partial charge in [-0.25, -0.2) is 0 Å². The van der Waals surface area contributed by atoms with Crippen LogP contribution >= 0.6 is 11.8 Å². The number of likely N-dealkylation sites (N-methyl/N-ethyl adjacent to an activating group) is 1. The van der Waals surface area contributed by atoms with Crippen molar-refractivity contribution >= 4 is 35.3 Å². The summed E-state index contributed by atoms with van der Waals surface area (Å²) >= 11 is 1.37. The number of rotatable bonds is 11. The molecule has 13 heteroatoms. The summed E-state index contributed by atoms with van der Waals surface area (Å²) in [6.07, 6.45) is 3.77. The van der Waals surface area contributed by atoms with Crippen molar-refractivity contribution in [2.75, 3.05) is 20.1 Å². The fourth-order valence-corrected chi connectivity index (χ4v) is 7.69. The number of nitrogens with one attached hydrogen (secondary N) is 1. The molecule has 2 amide bonds. The van der Waals surface area contributed by atoms with Crippen LogP contribution in [-0.4, -0.2) is 92.3 Å². The Morgan fingerprint density at radius 3 is 2.52 bits per heavy atom. The van der Waals surface area contributed by atoms with Crippen molar-refractivity contribution in [3.05, 3.63) is 64.5 Å². The van der Waals surface area contributed by atoms with Crippen molar-refractivity contribution in [3.8, 4) is 11.5 Å². The van der Waals surface area contributed by atoms with Gasteiger partial charge in [0, 0.05) is 53.9 Å². The van der Waals surface area contributed by atoms with E-state index in [1.165, 1.54) is 41.8 Å². The molecule has 3 aliphatic rings. The van der Waals surface area contributed by atoms with Gasteiger partial charge in [-0.05, 0) is 43.5 Å². The molecule has 2 saturated heterocycles. The molecule has 12 nitrogen and oxygen atoms in total. The number of aliphatic hydroxyl groups is 1. The summed E-state index contributed by atoms with van der Waals surface area (Å²) in [5.74, 6) is -3.63. The van der Waals surface area contributed by atoms with Crippen LogP contribution in [0.5, 0.6) is 11.5 Å². The predicted molar refractivity (Wildman–Crippen MR) is 157 cm³/mol. The minimum atomic E-state index is -1.41. The number of benzene rings is 1. The largest absolute Gasteiger partial charge is 0.543 e. The minimum absolute atomic E-state index is 0.0612. The summed E-state index contributed by atoms with van der Waals surface area (Å²) in [7, 11) is 1.74. The number of hydrogen-bond donors (Lipinski definition) is 4. The number of carbonyl (C=O) groups excluding carboxylic acids is 4. The van der Waals surface area contributed by atoms with E-state index >= 15 is 0 Å². The number of phenols is 2. The van der Waals surface area contributed by atoms with Crippen molar-refractivity contribution < 1.29 is 44.2 Å². The summed E-state index contributed by atoms with van der Waals surface area (Å²) in [5, 5.41) is 44.3. The normalized spacial score (nSPS) is 25.0. The SMILES string of the molecule is CC(O)[C@H]1C(=O)N2C(C(=O)[O-])=C(S[C@@H]3CN[C@H](C(=O)N(C)CCc4cc[n+](CC(=O)c5ccc(O)c(O)c5)cc4)C3)[C@H](C)[C@H]12. The topological polar surface area (TPSA) is 174 Å². The summed E-state index contributed by atoms with van der Waals surface area (Å²) in [4.78, 5) is 53.8. The Labute approximate surface area is 259 Å². The van der Waals surface area contributed by atoms with Crippen LogP contribution in [0, 0.1) is 11.8 Å². The van der Waals surface area contributed by atoms with Crippen molar-refractivity contribution in [2.45, 2.75) is 56.7 Å². The van der Waals surface area contributed by atoms with Crippen molar-refractivity contribution in [3.63, 3.8) is 0 Å². The summed E-state index contributed by atoms with van der Waals surface area (Å²) in [6.45, 7) is 4.44. The average Bonchev–Trinajstić information content (AvgIpc) is 3.54. The zero-order chi connectivity index (χ0) is 31.9. The number of pyridine rings is 1. The Kier molecular flexibility index (Phi) is 9.00. The van der Waals surface area contributed by atoms with Gasteiger partial charge < -0.3 is 40.3 Å². The lowest BCUT2D eigenvalue weighted by Crippen LogP contribution is -2.64. The third kappa shape index (κ3) is 6.04. The fourth-order valence-electron chi connectivity index (χ4n) is 6.22. The van der Waals surface area contributed by atoms with E-state index in [0.717, 1.165) is 5.56 Å². The molecule has 0 spiro atoms. The molecule has 4 N–H and O–H groups in total. The molecule has 234 valence electrons. The van der Waals surface area contributed by atoms with E-state index in [2.05, 4.69) is 5.32 Å². The van der Waals surface area contributed by atoms with Gasteiger partial charge in [0.1, 0.15) is 0 Å². The molecule has 6 atom stereocenters. The zero-order valence-corrected chi connectivity index (χ0v) is 25.5. The van der Waals surface area contributed by atoms with Crippen LogP contribution in [0.25, 0.3) is 0 Å². The smallest absolute Gasteiger partial charge is 0.239 e. The maximum absolute atomic E-state index is 13.2. The third-order valence-electron chi connectivity index (χ3n) is 8.68. The number of nitrogens with zero attached hydrogens (tertiary/aromatic N) is 3. The number of aliphatic hydroxyl groups excluding tert-OH is 1. The first kappa shape index (κ1) is 31.5. The van der Waals surface area contributed by atoms with Crippen LogP contribution in [0.1, 0.15) is 36.2 Å². The van der Waals surface area contributed by atoms with E-state index in [9.17, 15) is 39.6 Å². The fraction of sp³-hybridized carbons (Fsp3) is 0.452. The number of fused-ring (bicyclic) bond motifs is 1. The number of hydrogen-bond acceptors (Lipinski definition) is 10. The van der Waals surface area contributed by atoms with Gasteiger partial charge in [0.15, 0.2) is 23.9 Å². The van der Waals surface area contributed by atoms with Gasteiger partial charge in [-0.1, -0.05) is 6.92 Å². The van der Waals surface area contributed by atoms with Crippen molar-refractivity contribution in [1.82, 2.24) is 15.1 Å². The number of carboxylic acids is 1. The monoisotopic (exact) mass is 624 g/mol. The van der Waals surface area contributed by atoms with Crippen molar-refractivity contribution in [2.24, 2.45) is 11.8 Å². The van der Waals surface area contributed by atoms with E-state index in [4.69, 9.17) is 0 Å². The van der Waals surface area contributed by atoms with Gasteiger partial charge in [-0.2, -0.15) is 4.57 Å². The number of aromatic nitrogens is 1. The molecule has 3 aliphatic heterocycles. The second kappa shape index (κ2) is 12.6. The highest BCUT2D eigenvalue weighted by atomic mass is 32.2. The molecule has 1 aromatic heterocycles. The number of β-lactam (4-membered cyclic amide) rings is 1. The first-order chi connectivity index (χ1) is 20.9. The quantitative estimate of drug-likeness (QED) is 0.111. The number of carbonyl (C=O) groups is 4. The van der Waals surface area contributed by atoms with E-state index in [1.54, 1.807) is 28.9 Å². The lowest BCUT2D eigenvalue weighted by atomic mass is 9.79. The number of ketones is 1. The van der Waals surface area contributed by atoms with Gasteiger partial charge in [0.2, 0.25) is 24.1 Å². The number of aromatic hydroxyl groups is 2. The summed E-state index contributed by atoms with van der Waals surface area (Å²) in [6, 6.07) is 6.88. The lowest BCUT2D eigenvalue weighted by molar-refractivity contribution is -0.683. The van der Waals surface area contributed by atoms with Crippen LogP contribution in [0.4, 0.5) is 0 Å². The highest BCUT2D eigenvalue weighted by Crippen LogP contribution is 2.51. The van der Waals surface area contributed by atoms with Crippen LogP contribution in [-0.2, 0) is 27.3 Å². The zero-order valence-electron chi connectivity index (χ0n) is 24.7. The molecule has 4 heterocycles. The van der Waals surface area contributed by atoms with Gasteiger partial charge in [0.05, 0.1) is 35.8 Å². The molecule has 2 aromatic rings. The van der Waals surface area contributed by atoms with E-state index in [-0.39, 0.29) is 52.2 Å². The first-order valence-corrected chi connectivity index (χ1v) is 15.4. The molecule has 0 saturated carbocycles. The average molecular weight is 625 g/mol. The maximum Gasteiger partial charge on any atom is 0.239 e. The van der Waals surface area contributed by atoms with Gasteiger partial charge in [-0.3, -0.25) is 14.4 Å². The first-order valence-electron chi connectivity index (χ1n) is 14.5. The number of thioether (sulfide) groups is 1. The Balaban J connectivity index is 1.12. The number of amides is 2. The van der Waals surface area contributed by atoms with Gasteiger partial charge in [-0.15, -0.1) is 11.8 Å². The number of aliphatic carboxylic acids is 1. The Morgan fingerprint density at radius 1 is 1.18 bits per heavy atom. The molecule has 1 aromatic carbocycles. The third-order valence-corrected chi connectivity index (χ3v) is 10.2. The van der Waals surface area contributed by atoms with Gasteiger partial charge >= 0.3 is 0 Å². The molecule has 5 rings (SSSR count). The molecule has 0 aliphatic carbocycles. The van der Waals surface area contributed by atoms with E-state index in [0.29, 0.717) is 30.8 Å². The Hall–Kier alpha value is -3.94. The van der Waals surface area contributed by atoms with E-state index < -0.39 is 36.0 Å². The molecule has 44 heavy (non-hydrogen) atoms. The van der Waals surface area contributed by atoms with Crippen molar-refractivity contribution in [1.29, 1.82) is 0 Å². The number of phenolic OH excluding ortho intramolecular Hbond substituents is 2. The second-order valence-electron chi connectivity index (χ2n) is 11.7. The predicted octanol–water partition coefficient (Wildman–Crippen LogP) is -0.448. The Morgan fingerprint density at radius 2 is 1.89 bits per heavy atom. The maximum atomic E-state index is 13.2. The molecule has 1 unspecified atom stereocenters. The summed E-state index contributed by atoms with van der Waals surface area (Å²) < 4.78 is 1.71. The van der Waals surface area contributed by atoms with Crippen LogP contribution in [0.2, 0.25) is 0 Å². The molecule has 0 radical (unpaired) electrons. The van der Waals surface area contributed by atoms with E-state index in [1.807, 2.05) is 19.1 Å². The second-order valence-corrected chi connectivity index (χ2v) is 13.0. The van der Waals surface area contributed by atoms with Crippen LogP contribution < -0.4 is 15.0 Å². The molecule has 2 fully saturated rings. The van der Waals surface area contributed by atoms with Crippen LogP contribution in [0.3, 0.4) is 0 Å². The molecular formula is C31H36N4O8S. The number of carboxylic acid groups (broad SMARTS) is 1. The minimum Gasteiger partial charge on any atom is -0.543 e. The molecular weight excluding hydrogens is 588 g/mol. The Bertz CT molecular complexity index is 1510. The standard InChI is InChI=1S/C31H36N4O8S/c1-16-26-25(17(2)36)30(41)35(26)27(31(42)43)28(16)44-20-13-21(32-14-20)29(40)33(3)9-6-18-7-10-34(11-8-18)15-24(39)19-4-5-22(37)23(38)12-19/h4-5,7-8,10-12,16-17,20-21,25-26,32,36H,6,9,13-15H2,1-3H3,(H2-,37,38,39,42,43)/t16-,17?,20+,21+,25-,26-/m1/s1. The van der Waals surface area contributed by atoms with Crippen LogP contribution in [0.15, 0.2) is 53.3 Å².